The Morgan fingerprint density at radius 1 is 1.38 bits per heavy atom. The van der Waals surface area contributed by atoms with Crippen molar-refractivity contribution < 1.29 is 4.79 Å². The van der Waals surface area contributed by atoms with Gasteiger partial charge in [-0.15, -0.1) is 0 Å². The van der Waals surface area contributed by atoms with Crippen LogP contribution < -0.4 is 0 Å². The zero-order valence-electron chi connectivity index (χ0n) is 9.07. The first-order chi connectivity index (χ1) is 7.58. The fraction of sp³-hybridized carbons (Fsp3) is 0.167. The third-order valence-corrected chi connectivity index (χ3v) is 2.63. The fourth-order valence-electron chi connectivity index (χ4n) is 1.51. The van der Waals surface area contributed by atoms with Crippen LogP contribution in [0, 0.1) is 6.92 Å². The van der Waals surface area contributed by atoms with Crippen molar-refractivity contribution in [3.63, 3.8) is 0 Å². The maximum atomic E-state index is 12.1. The number of aromatic nitrogens is 2. The second kappa shape index (κ2) is 4.10. The lowest BCUT2D eigenvalue weighted by molar-refractivity contribution is 0.103. The van der Waals surface area contributed by atoms with Crippen molar-refractivity contribution in [3.05, 3.63) is 52.3 Å². The van der Waals surface area contributed by atoms with Crippen molar-refractivity contribution in [1.82, 2.24) is 9.78 Å². The second-order valence-corrected chi connectivity index (χ2v) is 4.10. The summed E-state index contributed by atoms with van der Waals surface area (Å²) < 4.78 is 1.60. The number of aryl methyl sites for hydroxylation is 2. The number of ketones is 1. The van der Waals surface area contributed by atoms with Crippen LogP contribution in [0.1, 0.15) is 21.6 Å². The molecule has 0 aliphatic carbocycles. The van der Waals surface area contributed by atoms with Crippen LogP contribution in [-0.4, -0.2) is 15.6 Å². The molecule has 0 aliphatic rings. The molecule has 0 spiro atoms. The smallest absolute Gasteiger partial charge is 0.213 e. The third kappa shape index (κ3) is 1.99. The number of carbonyl (C=O) groups is 1. The van der Waals surface area contributed by atoms with E-state index in [0.29, 0.717) is 16.3 Å². The van der Waals surface area contributed by atoms with Crippen molar-refractivity contribution in [2.75, 3.05) is 0 Å². The lowest BCUT2D eigenvalue weighted by atomic mass is 10.0. The van der Waals surface area contributed by atoms with Crippen molar-refractivity contribution in [2.45, 2.75) is 6.92 Å². The van der Waals surface area contributed by atoms with Crippen LogP contribution >= 0.6 is 11.6 Å². The Kier molecular flexibility index (Phi) is 2.79. The molecular weight excluding hydrogens is 224 g/mol. The Bertz CT molecular complexity index is 546. The average molecular weight is 235 g/mol. The Balaban J connectivity index is 2.45. The summed E-state index contributed by atoms with van der Waals surface area (Å²) in [5.41, 5.74) is 1.94. The highest BCUT2D eigenvalue weighted by atomic mass is 35.5. The van der Waals surface area contributed by atoms with E-state index in [0.717, 1.165) is 5.56 Å². The summed E-state index contributed by atoms with van der Waals surface area (Å²) >= 11 is 5.88. The molecule has 1 aromatic carbocycles. The maximum Gasteiger partial charge on any atom is 0.213 e. The third-order valence-electron chi connectivity index (χ3n) is 2.39. The number of halogens is 1. The van der Waals surface area contributed by atoms with Gasteiger partial charge in [0.2, 0.25) is 5.78 Å². The van der Waals surface area contributed by atoms with Crippen LogP contribution in [0.2, 0.25) is 5.02 Å². The van der Waals surface area contributed by atoms with Crippen LogP contribution in [0.3, 0.4) is 0 Å². The maximum absolute atomic E-state index is 12.1. The number of nitrogens with zero attached hydrogens (tertiary/aromatic N) is 2. The molecule has 1 aromatic heterocycles. The molecule has 0 saturated carbocycles. The first-order valence-electron chi connectivity index (χ1n) is 4.88. The molecule has 2 aromatic rings. The summed E-state index contributed by atoms with van der Waals surface area (Å²) in [6.07, 6.45) is 1.74. The van der Waals surface area contributed by atoms with Crippen molar-refractivity contribution in [1.29, 1.82) is 0 Å². The highest BCUT2D eigenvalue weighted by molar-refractivity contribution is 6.31. The predicted octanol–water partition coefficient (Wildman–Crippen LogP) is 2.61. The van der Waals surface area contributed by atoms with Gasteiger partial charge >= 0.3 is 0 Å². The van der Waals surface area contributed by atoms with Crippen molar-refractivity contribution in [3.8, 4) is 0 Å². The van der Waals surface area contributed by atoms with E-state index in [1.54, 1.807) is 36.1 Å². The summed E-state index contributed by atoms with van der Waals surface area (Å²) in [6.45, 7) is 1.88. The predicted molar refractivity (Wildman–Crippen MR) is 62.8 cm³/mol. The highest BCUT2D eigenvalue weighted by Crippen LogP contribution is 2.18. The standard InChI is InChI=1S/C12H11ClN2O/c1-8-3-4-9(13)7-10(8)12(16)11-5-6-15(2)14-11/h3-7H,1-2H3. The molecule has 0 saturated heterocycles. The van der Waals surface area contributed by atoms with E-state index in [4.69, 9.17) is 11.6 Å². The molecule has 0 unspecified atom stereocenters. The molecule has 2 rings (SSSR count). The molecule has 0 aliphatic heterocycles. The van der Waals surface area contributed by atoms with Crippen molar-refractivity contribution in [2.24, 2.45) is 7.05 Å². The number of rotatable bonds is 2. The minimum absolute atomic E-state index is 0.0967. The lowest BCUT2D eigenvalue weighted by Gasteiger charge is -2.03. The van der Waals surface area contributed by atoms with E-state index in [1.807, 2.05) is 13.0 Å². The Hall–Kier alpha value is -1.61. The van der Waals surface area contributed by atoms with Gasteiger partial charge < -0.3 is 0 Å². The molecule has 0 amide bonds. The molecular formula is C12H11ClN2O. The number of hydrogen-bond acceptors (Lipinski definition) is 2. The highest BCUT2D eigenvalue weighted by Gasteiger charge is 2.14. The van der Waals surface area contributed by atoms with E-state index in [1.165, 1.54) is 0 Å². The summed E-state index contributed by atoms with van der Waals surface area (Å²) in [5.74, 6) is -0.0967. The van der Waals surface area contributed by atoms with Gasteiger partial charge in [-0.3, -0.25) is 9.48 Å². The van der Waals surface area contributed by atoms with Gasteiger partial charge in [0.15, 0.2) is 0 Å². The van der Waals surface area contributed by atoms with Crippen LogP contribution in [0.4, 0.5) is 0 Å². The Morgan fingerprint density at radius 2 is 2.12 bits per heavy atom. The molecule has 3 nitrogen and oxygen atoms in total. The molecule has 0 atom stereocenters. The van der Waals surface area contributed by atoms with Gasteiger partial charge in [0.1, 0.15) is 5.69 Å². The summed E-state index contributed by atoms with van der Waals surface area (Å²) in [7, 11) is 1.78. The summed E-state index contributed by atoms with van der Waals surface area (Å²) in [6, 6.07) is 6.97. The lowest BCUT2D eigenvalue weighted by Crippen LogP contribution is -2.05. The topological polar surface area (TPSA) is 34.9 Å². The van der Waals surface area contributed by atoms with E-state index >= 15 is 0 Å². The minimum atomic E-state index is -0.0967. The SMILES string of the molecule is Cc1ccc(Cl)cc1C(=O)c1ccn(C)n1. The average Bonchev–Trinajstić information content (AvgIpc) is 2.67. The molecule has 16 heavy (non-hydrogen) atoms. The largest absolute Gasteiger partial charge is 0.287 e. The number of carbonyl (C=O) groups excluding carboxylic acids is 1. The van der Waals surface area contributed by atoms with E-state index in [2.05, 4.69) is 5.10 Å². The van der Waals surface area contributed by atoms with E-state index in [9.17, 15) is 4.79 Å². The normalized spacial score (nSPS) is 10.4. The first-order valence-corrected chi connectivity index (χ1v) is 5.26. The van der Waals surface area contributed by atoms with E-state index < -0.39 is 0 Å². The number of benzene rings is 1. The van der Waals surface area contributed by atoms with Crippen molar-refractivity contribution >= 4 is 17.4 Å². The van der Waals surface area contributed by atoms with Crippen LogP contribution in [-0.2, 0) is 7.05 Å². The summed E-state index contributed by atoms with van der Waals surface area (Å²) in [5, 5.41) is 4.64. The Labute approximate surface area is 98.7 Å². The van der Waals surface area contributed by atoms with E-state index in [-0.39, 0.29) is 5.78 Å². The molecule has 4 heteroatoms. The molecule has 0 bridgehead atoms. The minimum Gasteiger partial charge on any atom is -0.287 e. The van der Waals surface area contributed by atoms with Gasteiger partial charge in [0.25, 0.3) is 0 Å². The molecule has 82 valence electrons. The molecule has 0 radical (unpaired) electrons. The zero-order chi connectivity index (χ0) is 11.7. The van der Waals surface area contributed by atoms with Gasteiger partial charge in [-0.1, -0.05) is 17.7 Å². The van der Waals surface area contributed by atoms with Crippen LogP contribution in [0.15, 0.2) is 30.5 Å². The molecule has 0 N–H and O–H groups in total. The number of hydrogen-bond donors (Lipinski definition) is 0. The quantitative estimate of drug-likeness (QED) is 0.749. The van der Waals surface area contributed by atoms with Gasteiger partial charge in [-0.2, -0.15) is 5.10 Å². The zero-order valence-corrected chi connectivity index (χ0v) is 9.82. The fourth-order valence-corrected chi connectivity index (χ4v) is 1.69. The van der Waals surface area contributed by atoms with Crippen LogP contribution in [0.25, 0.3) is 0 Å². The first kappa shape index (κ1) is 10.9. The van der Waals surface area contributed by atoms with Gasteiger partial charge in [0.05, 0.1) is 0 Å². The Morgan fingerprint density at radius 3 is 2.75 bits per heavy atom. The summed E-state index contributed by atoms with van der Waals surface area (Å²) in [4.78, 5) is 12.1. The van der Waals surface area contributed by atoms with Crippen LogP contribution in [0.5, 0.6) is 0 Å². The molecule has 0 fully saturated rings. The van der Waals surface area contributed by atoms with Gasteiger partial charge in [0, 0.05) is 23.8 Å². The van der Waals surface area contributed by atoms with Gasteiger partial charge in [-0.25, -0.2) is 0 Å². The second-order valence-electron chi connectivity index (χ2n) is 3.66. The van der Waals surface area contributed by atoms with Gasteiger partial charge in [-0.05, 0) is 30.7 Å². The molecule has 1 heterocycles. The monoisotopic (exact) mass is 234 g/mol.